The predicted octanol–water partition coefficient (Wildman–Crippen LogP) is 2.02. The van der Waals surface area contributed by atoms with Crippen LogP contribution in [-0.2, 0) is 13.6 Å². The highest BCUT2D eigenvalue weighted by Gasteiger charge is 2.23. The molecule has 0 spiro atoms. The molecule has 1 aliphatic heterocycles. The molecule has 0 radical (unpaired) electrons. The third-order valence-electron chi connectivity index (χ3n) is 4.32. The predicted molar refractivity (Wildman–Crippen MR) is 79.0 cm³/mol. The van der Waals surface area contributed by atoms with Crippen LogP contribution in [0, 0.1) is 5.92 Å². The van der Waals surface area contributed by atoms with Gasteiger partial charge in [-0.3, -0.25) is 4.68 Å². The molecular formula is C15H28N4. The Morgan fingerprint density at radius 3 is 3.05 bits per heavy atom. The van der Waals surface area contributed by atoms with Gasteiger partial charge in [-0.05, 0) is 51.3 Å². The summed E-state index contributed by atoms with van der Waals surface area (Å²) in [6.07, 6.45) is 5.84. The fraction of sp³-hybridized carbons (Fsp3) is 0.800. The van der Waals surface area contributed by atoms with Crippen LogP contribution in [0.2, 0.25) is 0 Å². The Hall–Kier alpha value is -0.870. The van der Waals surface area contributed by atoms with Crippen molar-refractivity contribution >= 4 is 0 Å². The molecule has 0 aromatic carbocycles. The zero-order valence-corrected chi connectivity index (χ0v) is 12.6. The van der Waals surface area contributed by atoms with Crippen molar-refractivity contribution in [1.82, 2.24) is 20.0 Å². The Balaban J connectivity index is 1.79. The maximum atomic E-state index is 4.21. The molecule has 19 heavy (non-hydrogen) atoms. The van der Waals surface area contributed by atoms with Crippen molar-refractivity contribution < 1.29 is 0 Å². The number of likely N-dealkylation sites (tertiary alicyclic amines) is 1. The summed E-state index contributed by atoms with van der Waals surface area (Å²) >= 11 is 0. The lowest BCUT2D eigenvalue weighted by atomic mass is 9.91. The normalized spacial score (nSPS) is 22.6. The van der Waals surface area contributed by atoms with E-state index in [0.717, 1.165) is 12.5 Å². The first-order chi connectivity index (χ1) is 9.20. The number of nitrogens with zero attached hydrogens (tertiary/aromatic N) is 3. The van der Waals surface area contributed by atoms with Crippen LogP contribution in [0.1, 0.15) is 38.8 Å². The molecule has 0 bridgehead atoms. The van der Waals surface area contributed by atoms with Crippen molar-refractivity contribution in [2.45, 2.75) is 45.7 Å². The highest BCUT2D eigenvalue weighted by atomic mass is 15.3. The summed E-state index contributed by atoms with van der Waals surface area (Å²) in [6, 6.07) is 2.67. The first-order valence-corrected chi connectivity index (χ1v) is 7.63. The minimum atomic E-state index is 0.578. The smallest absolute Gasteiger partial charge is 0.0518 e. The monoisotopic (exact) mass is 264 g/mol. The van der Waals surface area contributed by atoms with Gasteiger partial charge in [0.05, 0.1) is 5.69 Å². The Kier molecular flexibility index (Phi) is 5.40. The lowest BCUT2D eigenvalue weighted by molar-refractivity contribution is 0.150. The summed E-state index contributed by atoms with van der Waals surface area (Å²) in [4.78, 5) is 2.62. The van der Waals surface area contributed by atoms with E-state index in [2.05, 4.69) is 35.2 Å². The van der Waals surface area contributed by atoms with E-state index in [-0.39, 0.29) is 0 Å². The Morgan fingerprint density at radius 1 is 1.53 bits per heavy atom. The molecule has 0 aliphatic carbocycles. The van der Waals surface area contributed by atoms with Gasteiger partial charge >= 0.3 is 0 Å². The van der Waals surface area contributed by atoms with Crippen molar-refractivity contribution in [3.63, 3.8) is 0 Å². The third kappa shape index (κ3) is 4.05. The molecule has 1 aromatic rings. The molecule has 2 atom stereocenters. The minimum absolute atomic E-state index is 0.578. The molecular weight excluding hydrogens is 236 g/mol. The highest BCUT2D eigenvalue weighted by Crippen LogP contribution is 2.20. The average Bonchev–Trinajstić information content (AvgIpc) is 2.82. The first-order valence-electron chi connectivity index (χ1n) is 7.63. The SMILES string of the molecule is CCCN1CCCC(C(C)NCc2ccnn2C)C1. The van der Waals surface area contributed by atoms with Gasteiger partial charge in [-0.15, -0.1) is 0 Å². The van der Waals surface area contributed by atoms with E-state index >= 15 is 0 Å². The second kappa shape index (κ2) is 7.06. The molecule has 1 saturated heterocycles. The quantitative estimate of drug-likeness (QED) is 0.853. The van der Waals surface area contributed by atoms with Crippen LogP contribution in [0.25, 0.3) is 0 Å². The van der Waals surface area contributed by atoms with Gasteiger partial charge in [0, 0.05) is 32.4 Å². The zero-order chi connectivity index (χ0) is 13.7. The van der Waals surface area contributed by atoms with Crippen molar-refractivity contribution in [2.75, 3.05) is 19.6 Å². The van der Waals surface area contributed by atoms with E-state index in [1.165, 1.54) is 44.6 Å². The second-order valence-corrected chi connectivity index (χ2v) is 5.82. The largest absolute Gasteiger partial charge is 0.308 e. The van der Waals surface area contributed by atoms with Gasteiger partial charge in [0.2, 0.25) is 0 Å². The number of aryl methyl sites for hydroxylation is 1. The third-order valence-corrected chi connectivity index (χ3v) is 4.32. The van der Waals surface area contributed by atoms with Crippen molar-refractivity contribution in [1.29, 1.82) is 0 Å². The van der Waals surface area contributed by atoms with Crippen LogP contribution >= 0.6 is 0 Å². The van der Waals surface area contributed by atoms with E-state index in [0.29, 0.717) is 6.04 Å². The van der Waals surface area contributed by atoms with Gasteiger partial charge in [0.15, 0.2) is 0 Å². The molecule has 1 fully saturated rings. The van der Waals surface area contributed by atoms with Crippen LogP contribution < -0.4 is 5.32 Å². The van der Waals surface area contributed by atoms with Gasteiger partial charge < -0.3 is 10.2 Å². The highest BCUT2D eigenvalue weighted by molar-refractivity contribution is 4.99. The summed E-state index contributed by atoms with van der Waals surface area (Å²) in [5.41, 5.74) is 1.26. The lowest BCUT2D eigenvalue weighted by Crippen LogP contribution is -2.44. The fourth-order valence-electron chi connectivity index (χ4n) is 3.03. The molecule has 0 amide bonds. The fourth-order valence-corrected chi connectivity index (χ4v) is 3.03. The van der Waals surface area contributed by atoms with Crippen molar-refractivity contribution in [3.05, 3.63) is 18.0 Å². The summed E-state index contributed by atoms with van der Waals surface area (Å²) in [5.74, 6) is 0.786. The first kappa shape index (κ1) is 14.5. The van der Waals surface area contributed by atoms with E-state index in [1.54, 1.807) is 0 Å². The van der Waals surface area contributed by atoms with E-state index in [4.69, 9.17) is 0 Å². The molecule has 2 rings (SSSR count). The number of hydrogen-bond donors (Lipinski definition) is 1. The van der Waals surface area contributed by atoms with Crippen LogP contribution in [-0.4, -0.2) is 40.4 Å². The van der Waals surface area contributed by atoms with Crippen LogP contribution in [0.15, 0.2) is 12.3 Å². The molecule has 108 valence electrons. The number of piperidine rings is 1. The summed E-state index contributed by atoms with van der Waals surface area (Å²) in [7, 11) is 2.01. The maximum absolute atomic E-state index is 4.21. The number of rotatable bonds is 6. The van der Waals surface area contributed by atoms with Crippen molar-refractivity contribution in [3.8, 4) is 0 Å². The Morgan fingerprint density at radius 2 is 2.37 bits per heavy atom. The van der Waals surface area contributed by atoms with Crippen molar-refractivity contribution in [2.24, 2.45) is 13.0 Å². The van der Waals surface area contributed by atoms with Crippen LogP contribution in [0.4, 0.5) is 0 Å². The number of aromatic nitrogens is 2. The van der Waals surface area contributed by atoms with E-state index in [9.17, 15) is 0 Å². The van der Waals surface area contributed by atoms with E-state index < -0.39 is 0 Å². The number of nitrogens with one attached hydrogen (secondary N) is 1. The maximum Gasteiger partial charge on any atom is 0.0518 e. The summed E-state index contributed by atoms with van der Waals surface area (Å²) < 4.78 is 1.95. The van der Waals surface area contributed by atoms with Gasteiger partial charge in [-0.25, -0.2) is 0 Å². The topological polar surface area (TPSA) is 33.1 Å². The molecule has 0 saturated carbocycles. The zero-order valence-electron chi connectivity index (χ0n) is 12.6. The minimum Gasteiger partial charge on any atom is -0.308 e. The van der Waals surface area contributed by atoms with Crippen LogP contribution in [0.5, 0.6) is 0 Å². The molecule has 1 aliphatic rings. The molecule has 1 N–H and O–H groups in total. The van der Waals surface area contributed by atoms with Gasteiger partial charge in [-0.2, -0.15) is 5.10 Å². The Labute approximate surface area is 117 Å². The standard InChI is InChI=1S/C15H28N4/c1-4-9-19-10-5-6-14(12-19)13(2)16-11-15-7-8-17-18(15)3/h7-8,13-14,16H,4-6,9-12H2,1-3H3. The van der Waals surface area contributed by atoms with Gasteiger partial charge in [0.25, 0.3) is 0 Å². The lowest BCUT2D eigenvalue weighted by Gasteiger charge is -2.36. The molecule has 4 nitrogen and oxygen atoms in total. The Bertz CT molecular complexity index is 372. The van der Waals surface area contributed by atoms with Gasteiger partial charge in [0.1, 0.15) is 0 Å². The molecule has 2 heterocycles. The van der Waals surface area contributed by atoms with Crippen LogP contribution in [0.3, 0.4) is 0 Å². The average molecular weight is 264 g/mol. The molecule has 2 unspecified atom stereocenters. The van der Waals surface area contributed by atoms with E-state index in [1.807, 2.05) is 17.9 Å². The molecule has 4 heteroatoms. The summed E-state index contributed by atoms with van der Waals surface area (Å²) in [6.45, 7) is 9.32. The van der Waals surface area contributed by atoms with Gasteiger partial charge in [-0.1, -0.05) is 6.92 Å². The number of hydrogen-bond acceptors (Lipinski definition) is 3. The summed E-state index contributed by atoms with van der Waals surface area (Å²) in [5, 5.41) is 7.88. The molecule has 1 aromatic heterocycles. The second-order valence-electron chi connectivity index (χ2n) is 5.82.